The van der Waals surface area contributed by atoms with E-state index in [1.54, 1.807) is 13.2 Å². The van der Waals surface area contributed by atoms with Crippen molar-refractivity contribution in [3.63, 3.8) is 0 Å². The maximum Gasteiger partial charge on any atom is 0.363 e. The summed E-state index contributed by atoms with van der Waals surface area (Å²) in [7, 11) is 1.60. The zero-order chi connectivity index (χ0) is 19.1. The lowest BCUT2D eigenvalue weighted by Crippen LogP contribution is -2.03. The van der Waals surface area contributed by atoms with Gasteiger partial charge in [0.25, 0.3) is 0 Å². The minimum Gasteiger partial charge on any atom is -0.493 e. The van der Waals surface area contributed by atoms with E-state index in [0.717, 1.165) is 23.3 Å². The standard InChI is InChI=1S/C21H23NO4S/c1-3-4-5-6-11-25-17-10-9-15(14-18(17)24-2)13-16-21(23)26-20(22-16)19-8-7-12-27-19/h7-10,12-14H,3-6,11H2,1-2H3/b16-13+. The van der Waals surface area contributed by atoms with Gasteiger partial charge >= 0.3 is 5.97 Å². The fraction of sp³-hybridized carbons (Fsp3) is 0.333. The van der Waals surface area contributed by atoms with Crippen LogP contribution in [0, 0.1) is 0 Å². The van der Waals surface area contributed by atoms with Crippen molar-refractivity contribution in [1.82, 2.24) is 0 Å². The van der Waals surface area contributed by atoms with Gasteiger partial charge in [-0.25, -0.2) is 9.79 Å². The average molecular weight is 385 g/mol. The van der Waals surface area contributed by atoms with Gasteiger partial charge in [0.15, 0.2) is 17.2 Å². The van der Waals surface area contributed by atoms with E-state index in [4.69, 9.17) is 14.2 Å². The quantitative estimate of drug-likeness (QED) is 0.344. The molecule has 0 unspecified atom stereocenters. The second kappa shape index (κ2) is 9.37. The highest BCUT2D eigenvalue weighted by molar-refractivity contribution is 7.12. The van der Waals surface area contributed by atoms with Gasteiger partial charge in [0.05, 0.1) is 18.6 Å². The van der Waals surface area contributed by atoms with E-state index >= 15 is 0 Å². The Morgan fingerprint density at radius 1 is 1.19 bits per heavy atom. The summed E-state index contributed by atoms with van der Waals surface area (Å²) >= 11 is 1.48. The predicted molar refractivity (Wildman–Crippen MR) is 108 cm³/mol. The fourth-order valence-corrected chi connectivity index (χ4v) is 3.33. The summed E-state index contributed by atoms with van der Waals surface area (Å²) in [6, 6.07) is 9.33. The molecule has 1 aliphatic heterocycles. The number of ether oxygens (including phenoxy) is 3. The minimum absolute atomic E-state index is 0.272. The summed E-state index contributed by atoms with van der Waals surface area (Å²) in [6.07, 6.45) is 6.30. The Bertz CT molecular complexity index is 840. The van der Waals surface area contributed by atoms with Crippen LogP contribution in [0.5, 0.6) is 11.5 Å². The van der Waals surface area contributed by atoms with Crippen molar-refractivity contribution in [3.8, 4) is 11.5 Å². The molecule has 0 aliphatic carbocycles. The van der Waals surface area contributed by atoms with Gasteiger partial charge in [-0.3, -0.25) is 0 Å². The van der Waals surface area contributed by atoms with E-state index in [1.807, 2.05) is 35.7 Å². The number of carbonyl (C=O) groups excluding carboxylic acids is 1. The van der Waals surface area contributed by atoms with Crippen molar-refractivity contribution in [3.05, 3.63) is 51.8 Å². The topological polar surface area (TPSA) is 57.1 Å². The van der Waals surface area contributed by atoms with E-state index in [1.165, 1.54) is 24.2 Å². The van der Waals surface area contributed by atoms with Gasteiger partial charge in [0.1, 0.15) is 0 Å². The summed E-state index contributed by atoms with van der Waals surface area (Å²) in [5, 5.41) is 1.92. The van der Waals surface area contributed by atoms with Gasteiger partial charge in [-0.05, 0) is 41.6 Å². The average Bonchev–Trinajstić information content (AvgIpc) is 3.33. The fourth-order valence-electron chi connectivity index (χ4n) is 2.68. The maximum absolute atomic E-state index is 12.1. The summed E-state index contributed by atoms with van der Waals surface area (Å²) in [4.78, 5) is 17.2. The van der Waals surface area contributed by atoms with Crippen molar-refractivity contribution in [2.45, 2.75) is 32.6 Å². The normalized spacial score (nSPS) is 15.0. The van der Waals surface area contributed by atoms with Crippen molar-refractivity contribution in [2.75, 3.05) is 13.7 Å². The first-order valence-corrected chi connectivity index (χ1v) is 9.96. The molecule has 0 bridgehead atoms. The number of esters is 1. The van der Waals surface area contributed by atoms with E-state index in [2.05, 4.69) is 11.9 Å². The Morgan fingerprint density at radius 3 is 2.81 bits per heavy atom. The lowest BCUT2D eigenvalue weighted by Gasteiger charge is -2.11. The van der Waals surface area contributed by atoms with E-state index in [9.17, 15) is 4.79 Å². The van der Waals surface area contributed by atoms with Crippen LogP contribution in [0.15, 0.2) is 46.4 Å². The monoisotopic (exact) mass is 385 g/mol. The Morgan fingerprint density at radius 2 is 2.07 bits per heavy atom. The number of nitrogens with zero attached hydrogens (tertiary/aromatic N) is 1. The van der Waals surface area contributed by atoms with Crippen LogP contribution in [-0.4, -0.2) is 25.6 Å². The lowest BCUT2D eigenvalue weighted by atomic mass is 10.1. The van der Waals surface area contributed by atoms with Crippen molar-refractivity contribution >= 4 is 29.3 Å². The molecule has 3 rings (SSSR count). The molecular weight excluding hydrogens is 362 g/mol. The van der Waals surface area contributed by atoms with Gasteiger partial charge in [0.2, 0.25) is 5.90 Å². The Labute approximate surface area is 163 Å². The molecule has 0 saturated heterocycles. The number of benzene rings is 1. The van der Waals surface area contributed by atoms with Gasteiger partial charge in [0, 0.05) is 0 Å². The molecule has 0 radical (unpaired) electrons. The van der Waals surface area contributed by atoms with Gasteiger partial charge < -0.3 is 14.2 Å². The van der Waals surface area contributed by atoms with Gasteiger partial charge in [-0.2, -0.15) is 0 Å². The molecule has 0 amide bonds. The third kappa shape index (κ3) is 4.98. The van der Waals surface area contributed by atoms with Gasteiger partial charge in [-0.1, -0.05) is 38.3 Å². The largest absolute Gasteiger partial charge is 0.493 e. The molecule has 0 atom stereocenters. The number of unbranched alkanes of at least 4 members (excludes halogenated alkanes) is 3. The number of carbonyl (C=O) groups is 1. The van der Waals surface area contributed by atoms with E-state index < -0.39 is 5.97 Å². The first kappa shape index (κ1) is 19.2. The molecule has 2 heterocycles. The Balaban J connectivity index is 1.71. The van der Waals surface area contributed by atoms with Crippen molar-refractivity contribution in [2.24, 2.45) is 4.99 Å². The zero-order valence-corrected chi connectivity index (χ0v) is 16.4. The van der Waals surface area contributed by atoms with Crippen molar-refractivity contribution < 1.29 is 19.0 Å². The summed E-state index contributed by atoms with van der Waals surface area (Å²) in [6.45, 7) is 2.85. The molecule has 1 aliphatic rings. The number of hydrogen-bond donors (Lipinski definition) is 0. The molecular formula is C21H23NO4S. The molecule has 0 spiro atoms. The molecule has 0 fully saturated rings. The van der Waals surface area contributed by atoms with E-state index in [0.29, 0.717) is 24.0 Å². The first-order valence-electron chi connectivity index (χ1n) is 9.08. The number of thiophene rings is 1. The smallest absolute Gasteiger partial charge is 0.363 e. The van der Waals surface area contributed by atoms with Crippen LogP contribution in [0.1, 0.15) is 43.0 Å². The molecule has 0 N–H and O–H groups in total. The zero-order valence-electron chi connectivity index (χ0n) is 15.6. The molecule has 1 aromatic heterocycles. The summed E-state index contributed by atoms with van der Waals surface area (Å²) in [5.41, 5.74) is 1.07. The van der Waals surface area contributed by atoms with E-state index in [-0.39, 0.29) is 5.70 Å². The van der Waals surface area contributed by atoms with Crippen molar-refractivity contribution in [1.29, 1.82) is 0 Å². The third-order valence-corrected chi connectivity index (χ3v) is 4.96. The first-order chi connectivity index (χ1) is 13.2. The number of hydrogen-bond acceptors (Lipinski definition) is 6. The van der Waals surface area contributed by atoms with Crippen LogP contribution in [0.2, 0.25) is 0 Å². The summed E-state index contributed by atoms with van der Waals surface area (Å²) < 4.78 is 16.5. The maximum atomic E-state index is 12.1. The second-order valence-corrected chi connectivity index (χ2v) is 7.08. The lowest BCUT2D eigenvalue weighted by molar-refractivity contribution is -0.129. The van der Waals surface area contributed by atoms with Gasteiger partial charge in [-0.15, -0.1) is 11.3 Å². The Hall–Kier alpha value is -2.60. The van der Waals surface area contributed by atoms with Crippen LogP contribution in [0.25, 0.3) is 6.08 Å². The third-order valence-electron chi connectivity index (χ3n) is 4.10. The van der Waals surface area contributed by atoms with Crippen LogP contribution in [0.3, 0.4) is 0 Å². The molecule has 6 heteroatoms. The molecule has 2 aromatic rings. The molecule has 27 heavy (non-hydrogen) atoms. The number of rotatable bonds is 9. The molecule has 1 aromatic carbocycles. The highest BCUT2D eigenvalue weighted by atomic mass is 32.1. The Kier molecular flexibility index (Phi) is 6.65. The SMILES string of the molecule is CCCCCCOc1ccc(/C=C2/N=C(c3cccs3)OC2=O)cc1OC. The number of methoxy groups -OCH3 is 1. The van der Waals surface area contributed by atoms with Crippen LogP contribution >= 0.6 is 11.3 Å². The highest BCUT2D eigenvalue weighted by Gasteiger charge is 2.24. The molecule has 0 saturated carbocycles. The predicted octanol–water partition coefficient (Wildman–Crippen LogP) is 5.06. The number of aliphatic imine (C=N–C) groups is 1. The number of cyclic esters (lactones) is 1. The second-order valence-electron chi connectivity index (χ2n) is 6.13. The van der Waals surface area contributed by atoms with Crippen LogP contribution in [-0.2, 0) is 9.53 Å². The van der Waals surface area contributed by atoms with Crippen LogP contribution < -0.4 is 9.47 Å². The summed E-state index contributed by atoms with van der Waals surface area (Å²) in [5.74, 6) is 1.23. The van der Waals surface area contributed by atoms with Crippen LogP contribution in [0.4, 0.5) is 0 Å². The minimum atomic E-state index is -0.450. The molecule has 5 nitrogen and oxygen atoms in total. The molecule has 142 valence electrons. The highest BCUT2D eigenvalue weighted by Crippen LogP contribution is 2.30.